The highest BCUT2D eigenvalue weighted by atomic mass is 35.5. The number of fused-ring (bicyclic) bond motifs is 1. The molecule has 0 aliphatic heterocycles. The maximum atomic E-state index is 14.2. The van der Waals surface area contributed by atoms with E-state index in [1.54, 1.807) is 19.2 Å². The lowest BCUT2D eigenvalue weighted by molar-refractivity contribution is -0.121. The first-order valence-corrected chi connectivity index (χ1v) is 9.42. The van der Waals surface area contributed by atoms with Crippen LogP contribution in [0.5, 0.6) is 0 Å². The molecule has 1 atom stereocenters. The number of rotatable bonds is 7. The minimum absolute atomic E-state index is 0.0409. The first kappa shape index (κ1) is 20.0. The Morgan fingerprint density at radius 2 is 2.07 bits per heavy atom. The molecule has 1 amide bonds. The molecule has 0 radical (unpaired) electrons. The van der Waals surface area contributed by atoms with E-state index in [9.17, 15) is 9.18 Å². The zero-order valence-corrected chi connectivity index (χ0v) is 16.6. The van der Waals surface area contributed by atoms with E-state index >= 15 is 0 Å². The highest BCUT2D eigenvalue weighted by Crippen LogP contribution is 2.28. The van der Waals surface area contributed by atoms with Crippen LogP contribution in [0.2, 0.25) is 5.02 Å². The van der Waals surface area contributed by atoms with Crippen LogP contribution in [-0.4, -0.2) is 38.4 Å². The minimum Gasteiger partial charge on any atom is -0.356 e. The lowest BCUT2D eigenvalue weighted by atomic mass is 10.1. The summed E-state index contributed by atoms with van der Waals surface area (Å²) in [5.41, 5.74) is 1.27. The molecule has 3 aromatic rings. The number of nitrogens with one attached hydrogen (secondary N) is 3. The number of aromatic amines is 1. The molecule has 0 saturated carbocycles. The Balaban J connectivity index is 1.79. The second-order valence-electron chi connectivity index (χ2n) is 6.98. The summed E-state index contributed by atoms with van der Waals surface area (Å²) < 4.78 is 14.2. The first-order chi connectivity index (χ1) is 13.3. The highest BCUT2D eigenvalue weighted by molar-refractivity contribution is 6.31. The number of hydrogen-bond acceptors (Lipinski definition) is 5. The van der Waals surface area contributed by atoms with E-state index in [0.29, 0.717) is 34.5 Å². The molecule has 3 N–H and O–H groups in total. The number of carbonyl (C=O) groups is 1. The first-order valence-electron chi connectivity index (χ1n) is 9.05. The van der Waals surface area contributed by atoms with Gasteiger partial charge in [-0.1, -0.05) is 25.4 Å². The second-order valence-corrected chi connectivity index (χ2v) is 7.42. The van der Waals surface area contributed by atoms with Gasteiger partial charge in [0.05, 0.1) is 11.2 Å². The average molecular weight is 405 g/mol. The summed E-state index contributed by atoms with van der Waals surface area (Å²) in [7, 11) is 0. The van der Waals surface area contributed by atoms with Gasteiger partial charge in [0.25, 0.3) is 0 Å². The fraction of sp³-hybridized carbons (Fsp3) is 0.368. The van der Waals surface area contributed by atoms with Crippen molar-refractivity contribution in [3.8, 4) is 11.4 Å². The lowest BCUT2D eigenvalue weighted by Gasteiger charge is -2.16. The van der Waals surface area contributed by atoms with E-state index in [4.69, 9.17) is 11.6 Å². The molecule has 28 heavy (non-hydrogen) atoms. The van der Waals surface area contributed by atoms with Gasteiger partial charge in [-0.3, -0.25) is 4.79 Å². The monoisotopic (exact) mass is 404 g/mol. The normalized spacial score (nSPS) is 12.4. The molecule has 0 aromatic carbocycles. The van der Waals surface area contributed by atoms with Crippen molar-refractivity contribution in [2.45, 2.75) is 33.2 Å². The Labute approximate surface area is 167 Å². The summed E-state index contributed by atoms with van der Waals surface area (Å²) in [6.45, 7) is 6.39. The topological polar surface area (TPSA) is 95.6 Å². The maximum Gasteiger partial charge on any atom is 0.242 e. The molecule has 0 bridgehead atoms. The zero-order valence-electron chi connectivity index (χ0n) is 15.9. The molecule has 9 heteroatoms. The van der Waals surface area contributed by atoms with Gasteiger partial charge in [-0.15, -0.1) is 0 Å². The van der Waals surface area contributed by atoms with Gasteiger partial charge in [0.2, 0.25) is 5.91 Å². The highest BCUT2D eigenvalue weighted by Gasteiger charge is 2.18. The third-order valence-electron chi connectivity index (χ3n) is 4.25. The summed E-state index contributed by atoms with van der Waals surface area (Å²) in [6.07, 6.45) is 5.17. The number of carbonyl (C=O) groups excluding carboxylic acids is 1. The largest absolute Gasteiger partial charge is 0.356 e. The molecular formula is C19H22ClFN6O. The number of nitrogens with zero attached hydrogens (tertiary/aromatic N) is 3. The minimum atomic E-state index is -0.650. The van der Waals surface area contributed by atoms with Gasteiger partial charge in [0.1, 0.15) is 11.7 Å². The van der Waals surface area contributed by atoms with Gasteiger partial charge in [0.15, 0.2) is 17.5 Å². The van der Waals surface area contributed by atoms with Crippen molar-refractivity contribution in [1.29, 1.82) is 0 Å². The number of pyridine rings is 1. The van der Waals surface area contributed by atoms with Crippen LogP contribution in [0.3, 0.4) is 0 Å². The third-order valence-corrected chi connectivity index (χ3v) is 4.46. The van der Waals surface area contributed by atoms with E-state index < -0.39 is 11.9 Å². The quantitative estimate of drug-likeness (QED) is 0.557. The lowest BCUT2D eigenvalue weighted by Crippen LogP contribution is -2.38. The number of anilines is 1. The van der Waals surface area contributed by atoms with Crippen molar-refractivity contribution in [1.82, 2.24) is 25.3 Å². The van der Waals surface area contributed by atoms with Crippen molar-refractivity contribution in [3.63, 3.8) is 0 Å². The fourth-order valence-corrected chi connectivity index (χ4v) is 2.83. The molecule has 0 spiro atoms. The van der Waals surface area contributed by atoms with Crippen molar-refractivity contribution >= 4 is 34.4 Å². The number of H-pyrrole nitrogens is 1. The van der Waals surface area contributed by atoms with Gasteiger partial charge >= 0.3 is 0 Å². The van der Waals surface area contributed by atoms with Crippen LogP contribution in [0.1, 0.15) is 27.2 Å². The van der Waals surface area contributed by atoms with E-state index in [1.807, 2.05) is 0 Å². The smallest absolute Gasteiger partial charge is 0.242 e. The molecule has 0 fully saturated rings. The number of aromatic nitrogens is 4. The molecule has 148 valence electrons. The third kappa shape index (κ3) is 4.56. The Kier molecular flexibility index (Phi) is 6.08. The molecule has 3 rings (SSSR count). The van der Waals surface area contributed by atoms with E-state index in [2.05, 4.69) is 44.4 Å². The van der Waals surface area contributed by atoms with Crippen LogP contribution < -0.4 is 10.6 Å². The fourth-order valence-electron chi connectivity index (χ4n) is 2.67. The van der Waals surface area contributed by atoms with Gasteiger partial charge in [-0.05, 0) is 25.3 Å². The predicted octanol–water partition coefficient (Wildman–Crippen LogP) is 3.78. The summed E-state index contributed by atoms with van der Waals surface area (Å²) >= 11 is 6.02. The standard InChI is InChI=1S/C19H22ClFN6O/c1-10(2)4-5-22-19(28)11(3)26-18-15(21)9-25-17(27-18)14-8-24-16-13(14)6-12(20)7-23-16/h6-11H,4-5H2,1-3H3,(H,22,28)(H,23,24)(H,25,26,27)/t11-/m0/s1. The van der Waals surface area contributed by atoms with Gasteiger partial charge < -0.3 is 15.6 Å². The summed E-state index contributed by atoms with van der Waals surface area (Å²) in [5.74, 6) is -0.109. The molecule has 0 aliphatic rings. The van der Waals surface area contributed by atoms with Crippen LogP contribution in [0.15, 0.2) is 24.7 Å². The SMILES string of the molecule is CC(C)CCNC(=O)[C@H](C)Nc1nc(-c2c[nH]c3ncc(Cl)cc23)ncc1F. The second kappa shape index (κ2) is 8.52. The molecule has 7 nitrogen and oxygen atoms in total. The van der Waals surface area contributed by atoms with Crippen LogP contribution in [0.4, 0.5) is 10.2 Å². The summed E-state index contributed by atoms with van der Waals surface area (Å²) in [6, 6.07) is 1.09. The Bertz CT molecular complexity index is 990. The van der Waals surface area contributed by atoms with Crippen molar-refractivity contribution in [2.75, 3.05) is 11.9 Å². The van der Waals surface area contributed by atoms with Crippen LogP contribution >= 0.6 is 11.6 Å². The average Bonchev–Trinajstić information content (AvgIpc) is 3.06. The Hall–Kier alpha value is -2.74. The van der Waals surface area contributed by atoms with E-state index in [-0.39, 0.29) is 11.7 Å². The molecule has 0 unspecified atom stereocenters. The zero-order chi connectivity index (χ0) is 20.3. The molecule has 0 aliphatic carbocycles. The van der Waals surface area contributed by atoms with Gasteiger partial charge in [-0.25, -0.2) is 19.3 Å². The number of hydrogen-bond donors (Lipinski definition) is 3. The molecule has 0 saturated heterocycles. The summed E-state index contributed by atoms with van der Waals surface area (Å²) in [4.78, 5) is 27.7. The van der Waals surface area contributed by atoms with Crippen LogP contribution in [0.25, 0.3) is 22.4 Å². The maximum absolute atomic E-state index is 14.2. The van der Waals surface area contributed by atoms with Crippen molar-refractivity contribution < 1.29 is 9.18 Å². The predicted molar refractivity (Wildman–Crippen MR) is 108 cm³/mol. The van der Waals surface area contributed by atoms with Crippen LogP contribution in [0, 0.1) is 11.7 Å². The number of halogens is 2. The van der Waals surface area contributed by atoms with Crippen molar-refractivity contribution in [2.24, 2.45) is 5.92 Å². The van der Waals surface area contributed by atoms with Gasteiger partial charge in [0, 0.05) is 29.9 Å². The Morgan fingerprint density at radius 3 is 2.82 bits per heavy atom. The summed E-state index contributed by atoms with van der Waals surface area (Å²) in [5, 5.41) is 6.85. The number of amides is 1. The molecule has 3 heterocycles. The Morgan fingerprint density at radius 1 is 1.29 bits per heavy atom. The van der Waals surface area contributed by atoms with Crippen LogP contribution in [-0.2, 0) is 4.79 Å². The van der Waals surface area contributed by atoms with Gasteiger partial charge in [-0.2, -0.15) is 0 Å². The molecular weight excluding hydrogens is 383 g/mol. The van der Waals surface area contributed by atoms with E-state index in [0.717, 1.165) is 18.0 Å². The van der Waals surface area contributed by atoms with E-state index in [1.165, 1.54) is 6.20 Å². The molecule has 3 aromatic heterocycles. The van der Waals surface area contributed by atoms with Crippen molar-refractivity contribution in [3.05, 3.63) is 35.5 Å².